The largest absolute Gasteiger partial charge is 0.347 e. The standard InChI is InChI=1S/C20H24N2O3S/c1-20(2,3)21-19(23)16-8-10-18(11-9-16)26(24,25)22-13-12-15-6-4-5-7-17(15)14-22/h4-11H,12-14H2,1-3H3,(H,21,23). The lowest BCUT2D eigenvalue weighted by Gasteiger charge is -2.28. The highest BCUT2D eigenvalue weighted by Gasteiger charge is 2.28. The molecule has 0 aromatic heterocycles. The van der Waals surface area contributed by atoms with Gasteiger partial charge in [-0.2, -0.15) is 4.31 Å². The number of amides is 1. The number of fused-ring (bicyclic) bond motifs is 1. The van der Waals surface area contributed by atoms with Gasteiger partial charge in [0.05, 0.1) is 4.90 Å². The Hall–Kier alpha value is -2.18. The van der Waals surface area contributed by atoms with Crippen LogP contribution >= 0.6 is 0 Å². The van der Waals surface area contributed by atoms with Crippen LogP contribution < -0.4 is 5.32 Å². The highest BCUT2D eigenvalue weighted by Crippen LogP contribution is 2.25. The van der Waals surface area contributed by atoms with Crippen molar-refractivity contribution in [3.05, 3.63) is 65.2 Å². The number of hydrogen-bond donors (Lipinski definition) is 1. The summed E-state index contributed by atoms with van der Waals surface area (Å²) in [6.07, 6.45) is 0.710. The lowest BCUT2D eigenvalue weighted by molar-refractivity contribution is 0.0919. The molecule has 2 aromatic rings. The average molecular weight is 372 g/mol. The molecule has 0 aliphatic carbocycles. The zero-order valence-corrected chi connectivity index (χ0v) is 16.1. The van der Waals surface area contributed by atoms with Crippen LogP contribution in [0.15, 0.2) is 53.4 Å². The van der Waals surface area contributed by atoms with Crippen molar-refractivity contribution in [2.24, 2.45) is 0 Å². The average Bonchev–Trinajstić information content (AvgIpc) is 2.60. The molecule has 1 N–H and O–H groups in total. The Morgan fingerprint density at radius 1 is 1.00 bits per heavy atom. The van der Waals surface area contributed by atoms with Crippen molar-refractivity contribution in [3.8, 4) is 0 Å². The maximum Gasteiger partial charge on any atom is 0.251 e. The number of hydrogen-bond acceptors (Lipinski definition) is 3. The second-order valence-corrected chi connectivity index (χ2v) is 9.52. The topological polar surface area (TPSA) is 66.5 Å². The van der Waals surface area contributed by atoms with Gasteiger partial charge in [0.2, 0.25) is 10.0 Å². The van der Waals surface area contributed by atoms with Crippen molar-refractivity contribution >= 4 is 15.9 Å². The lowest BCUT2D eigenvalue weighted by Crippen LogP contribution is -2.40. The van der Waals surface area contributed by atoms with Crippen LogP contribution in [0.1, 0.15) is 42.3 Å². The molecule has 1 heterocycles. The van der Waals surface area contributed by atoms with Gasteiger partial charge in [0, 0.05) is 24.2 Å². The van der Waals surface area contributed by atoms with Crippen molar-refractivity contribution in [2.45, 2.75) is 44.2 Å². The van der Waals surface area contributed by atoms with E-state index in [-0.39, 0.29) is 16.3 Å². The van der Waals surface area contributed by atoms with Crippen molar-refractivity contribution in [2.75, 3.05) is 6.54 Å². The first-order valence-corrected chi connectivity index (χ1v) is 10.1. The minimum atomic E-state index is -3.58. The van der Waals surface area contributed by atoms with Crippen LogP contribution in [0.3, 0.4) is 0 Å². The highest BCUT2D eigenvalue weighted by atomic mass is 32.2. The van der Waals surface area contributed by atoms with Gasteiger partial charge in [0.1, 0.15) is 0 Å². The normalized spacial score (nSPS) is 15.3. The number of sulfonamides is 1. The van der Waals surface area contributed by atoms with Crippen molar-refractivity contribution in [3.63, 3.8) is 0 Å². The summed E-state index contributed by atoms with van der Waals surface area (Å²) in [5, 5.41) is 2.87. The van der Waals surface area contributed by atoms with E-state index in [0.29, 0.717) is 25.1 Å². The van der Waals surface area contributed by atoms with Crippen LogP contribution in [0.2, 0.25) is 0 Å². The zero-order valence-electron chi connectivity index (χ0n) is 15.3. The number of rotatable bonds is 3. The molecule has 0 saturated carbocycles. The van der Waals surface area contributed by atoms with Crippen molar-refractivity contribution < 1.29 is 13.2 Å². The molecular formula is C20H24N2O3S. The van der Waals surface area contributed by atoms with Gasteiger partial charge in [-0.1, -0.05) is 24.3 Å². The second-order valence-electron chi connectivity index (χ2n) is 7.59. The fourth-order valence-corrected chi connectivity index (χ4v) is 4.43. The van der Waals surface area contributed by atoms with E-state index >= 15 is 0 Å². The molecule has 6 heteroatoms. The van der Waals surface area contributed by atoms with Crippen molar-refractivity contribution in [1.29, 1.82) is 0 Å². The minimum absolute atomic E-state index is 0.212. The predicted molar refractivity (Wildman–Crippen MR) is 101 cm³/mol. The van der Waals surface area contributed by atoms with E-state index < -0.39 is 10.0 Å². The van der Waals surface area contributed by atoms with Crippen LogP contribution in [0.25, 0.3) is 0 Å². The first-order valence-electron chi connectivity index (χ1n) is 8.66. The SMILES string of the molecule is CC(C)(C)NC(=O)c1ccc(S(=O)(=O)N2CCc3ccccc3C2)cc1. The Kier molecular flexibility index (Phi) is 4.90. The second kappa shape index (κ2) is 6.85. The number of carbonyl (C=O) groups is 1. The molecule has 0 fully saturated rings. The van der Waals surface area contributed by atoms with E-state index in [0.717, 1.165) is 5.56 Å². The quantitative estimate of drug-likeness (QED) is 0.901. The van der Waals surface area contributed by atoms with Crippen LogP contribution in [-0.4, -0.2) is 30.7 Å². The van der Waals surface area contributed by atoms with Crippen LogP contribution in [0.4, 0.5) is 0 Å². The van der Waals surface area contributed by atoms with Crippen LogP contribution in [0, 0.1) is 0 Å². The molecule has 0 atom stereocenters. The molecule has 1 aliphatic rings. The van der Waals surface area contributed by atoms with E-state index in [1.807, 2.05) is 45.0 Å². The Labute approximate surface area is 155 Å². The smallest absolute Gasteiger partial charge is 0.251 e. The summed E-state index contributed by atoms with van der Waals surface area (Å²) in [7, 11) is -3.58. The summed E-state index contributed by atoms with van der Waals surface area (Å²) in [5.41, 5.74) is 2.35. The summed E-state index contributed by atoms with van der Waals surface area (Å²) in [6.45, 7) is 6.55. The number of carbonyl (C=O) groups excluding carboxylic acids is 1. The Morgan fingerprint density at radius 3 is 2.23 bits per heavy atom. The van der Waals surface area contributed by atoms with Gasteiger partial charge in [-0.05, 0) is 62.6 Å². The van der Waals surface area contributed by atoms with E-state index in [4.69, 9.17) is 0 Å². The maximum atomic E-state index is 12.9. The highest BCUT2D eigenvalue weighted by molar-refractivity contribution is 7.89. The number of nitrogens with zero attached hydrogens (tertiary/aromatic N) is 1. The molecule has 0 bridgehead atoms. The van der Waals surface area contributed by atoms with Gasteiger partial charge >= 0.3 is 0 Å². The van der Waals surface area contributed by atoms with Gasteiger partial charge in [0.25, 0.3) is 5.91 Å². The molecule has 1 amide bonds. The fourth-order valence-electron chi connectivity index (χ4n) is 3.02. The van der Waals surface area contributed by atoms with Gasteiger partial charge in [-0.25, -0.2) is 8.42 Å². The lowest BCUT2D eigenvalue weighted by atomic mass is 10.0. The molecular weight excluding hydrogens is 348 g/mol. The molecule has 3 rings (SSSR count). The van der Waals surface area contributed by atoms with Crippen LogP contribution in [-0.2, 0) is 23.0 Å². The van der Waals surface area contributed by atoms with Gasteiger partial charge in [-0.15, -0.1) is 0 Å². The molecule has 0 saturated heterocycles. The van der Waals surface area contributed by atoms with Gasteiger partial charge in [0.15, 0.2) is 0 Å². The predicted octanol–water partition coefficient (Wildman–Crippen LogP) is 2.96. The molecule has 0 radical (unpaired) electrons. The summed E-state index contributed by atoms with van der Waals surface area (Å²) in [5.74, 6) is -0.214. The van der Waals surface area contributed by atoms with E-state index in [1.54, 1.807) is 12.1 Å². The Balaban J connectivity index is 1.79. The third-order valence-corrected chi connectivity index (χ3v) is 6.20. The Morgan fingerprint density at radius 2 is 1.62 bits per heavy atom. The van der Waals surface area contributed by atoms with Crippen LogP contribution in [0.5, 0.6) is 0 Å². The first-order chi connectivity index (χ1) is 12.2. The van der Waals surface area contributed by atoms with E-state index in [2.05, 4.69) is 5.32 Å². The molecule has 0 unspecified atom stereocenters. The summed E-state index contributed by atoms with van der Waals surface area (Å²) >= 11 is 0. The molecule has 0 spiro atoms. The van der Waals surface area contributed by atoms with E-state index in [1.165, 1.54) is 22.0 Å². The molecule has 2 aromatic carbocycles. The molecule has 26 heavy (non-hydrogen) atoms. The Bertz CT molecular complexity index is 913. The first kappa shape index (κ1) is 18.6. The molecule has 1 aliphatic heterocycles. The maximum absolute atomic E-state index is 12.9. The summed E-state index contributed by atoms with van der Waals surface area (Å²) in [6, 6.07) is 14.1. The van der Waals surface area contributed by atoms with Gasteiger partial charge < -0.3 is 5.32 Å². The minimum Gasteiger partial charge on any atom is -0.347 e. The number of nitrogens with one attached hydrogen (secondary N) is 1. The van der Waals surface area contributed by atoms with Crippen molar-refractivity contribution in [1.82, 2.24) is 9.62 Å². The monoisotopic (exact) mass is 372 g/mol. The summed E-state index contributed by atoms with van der Waals surface area (Å²) < 4.78 is 27.4. The zero-order chi connectivity index (χ0) is 18.9. The third-order valence-electron chi connectivity index (χ3n) is 4.34. The molecule has 5 nitrogen and oxygen atoms in total. The number of benzene rings is 2. The molecule has 138 valence electrons. The van der Waals surface area contributed by atoms with E-state index in [9.17, 15) is 13.2 Å². The van der Waals surface area contributed by atoms with Gasteiger partial charge in [-0.3, -0.25) is 4.79 Å². The fraction of sp³-hybridized carbons (Fsp3) is 0.350. The third kappa shape index (κ3) is 3.97. The summed E-state index contributed by atoms with van der Waals surface area (Å²) in [4.78, 5) is 12.4.